The number of benzene rings is 1. The molecule has 0 spiro atoms. The van der Waals surface area contributed by atoms with Gasteiger partial charge in [-0.15, -0.1) is 23.1 Å². The number of carboxylic acid groups (broad SMARTS) is 2. The van der Waals surface area contributed by atoms with Gasteiger partial charge in [-0.25, -0.2) is 4.98 Å². The van der Waals surface area contributed by atoms with Gasteiger partial charge < -0.3 is 25.1 Å². The maximum absolute atomic E-state index is 12.7. The fourth-order valence-corrected chi connectivity index (χ4v) is 6.80. The first kappa shape index (κ1) is 29.4. The molecule has 1 fully saturated rings. The van der Waals surface area contributed by atoms with Crippen LogP contribution in [0.2, 0.25) is 0 Å². The van der Waals surface area contributed by atoms with E-state index in [0.717, 1.165) is 22.2 Å². The Kier molecular flexibility index (Phi) is 11.2. The summed E-state index contributed by atoms with van der Waals surface area (Å²) in [5, 5.41) is 26.3. The van der Waals surface area contributed by atoms with E-state index in [-0.39, 0.29) is 89.3 Å². The summed E-state index contributed by atoms with van der Waals surface area (Å²) in [4.78, 5) is 53.3. The van der Waals surface area contributed by atoms with Crippen molar-refractivity contribution < 1.29 is 88.5 Å². The molecule has 2 aliphatic heterocycles. The molecule has 2 aliphatic rings. The number of thiazole rings is 1. The van der Waals surface area contributed by atoms with Crippen molar-refractivity contribution in [2.75, 3.05) is 5.75 Å². The molecule has 1 aromatic carbocycles. The van der Waals surface area contributed by atoms with Crippen molar-refractivity contribution in [1.29, 1.82) is 0 Å². The summed E-state index contributed by atoms with van der Waals surface area (Å²) in [6.45, 7) is 0. The summed E-state index contributed by atoms with van der Waals surface area (Å²) in [6.07, 6.45) is -0.222. The Balaban J connectivity index is 0.00000204. The van der Waals surface area contributed by atoms with Crippen molar-refractivity contribution in [3.8, 4) is 0 Å². The number of nitrogens with one attached hydrogen (secondary N) is 1. The van der Waals surface area contributed by atoms with Crippen molar-refractivity contribution in [3.63, 3.8) is 0 Å². The van der Waals surface area contributed by atoms with Gasteiger partial charge in [0.1, 0.15) is 11.4 Å². The summed E-state index contributed by atoms with van der Waals surface area (Å²) in [5.41, 5.74) is 0.880. The zero-order valence-electron chi connectivity index (χ0n) is 18.3. The molecule has 1 aromatic heterocycles. The first-order chi connectivity index (χ1) is 15.3. The van der Waals surface area contributed by atoms with Gasteiger partial charge in [-0.3, -0.25) is 14.5 Å². The number of thioether (sulfide) groups is 2. The molecule has 3 heterocycles. The number of nitrogens with zero attached hydrogens (tertiary/aromatic N) is 2. The quantitative estimate of drug-likeness (QED) is 0.258. The minimum absolute atomic E-state index is 0. The van der Waals surface area contributed by atoms with Crippen molar-refractivity contribution in [3.05, 3.63) is 57.6 Å². The minimum Gasteiger partial charge on any atom is -0.550 e. The summed E-state index contributed by atoms with van der Waals surface area (Å²) < 4.78 is 0.453. The molecule has 0 radical (unpaired) electrons. The predicted octanol–water partition coefficient (Wildman–Crippen LogP) is -6.86. The molecule has 1 N–H and O–H groups in total. The van der Waals surface area contributed by atoms with Crippen LogP contribution < -0.4 is 74.6 Å². The van der Waals surface area contributed by atoms with Crippen molar-refractivity contribution in [2.45, 2.75) is 28.6 Å². The number of fused-ring (bicyclic) bond motifs is 1. The largest absolute Gasteiger partial charge is 1.00 e. The average Bonchev–Trinajstić information content (AvgIpc) is 3.18. The Morgan fingerprint density at radius 1 is 1.15 bits per heavy atom. The molecule has 2 amide bonds. The number of hydrogen-bond donors (Lipinski definition) is 1. The number of aliphatic carboxylic acids is 2. The van der Waals surface area contributed by atoms with E-state index >= 15 is 0 Å². The Labute approximate surface area is 251 Å². The Hall–Kier alpha value is -0.830. The van der Waals surface area contributed by atoms with Crippen LogP contribution in [0.15, 0.2) is 50.7 Å². The van der Waals surface area contributed by atoms with Crippen LogP contribution >= 0.6 is 34.9 Å². The Morgan fingerprint density at radius 2 is 1.85 bits per heavy atom. The molecule has 9 nitrogen and oxygen atoms in total. The molecule has 1 saturated heterocycles. The van der Waals surface area contributed by atoms with E-state index in [1.54, 1.807) is 17.5 Å². The molecule has 0 aliphatic carbocycles. The number of rotatable bonds is 8. The topological polar surface area (TPSA) is 143 Å². The molecule has 2 atom stereocenters. The third-order valence-electron chi connectivity index (χ3n) is 4.72. The molecule has 2 aromatic rings. The van der Waals surface area contributed by atoms with Crippen LogP contribution in [0, 0.1) is 0 Å². The van der Waals surface area contributed by atoms with E-state index in [0.29, 0.717) is 14.9 Å². The fourth-order valence-electron chi connectivity index (χ4n) is 3.33. The predicted molar refractivity (Wildman–Crippen MR) is 114 cm³/mol. The van der Waals surface area contributed by atoms with Gasteiger partial charge in [0.2, 0.25) is 5.91 Å². The number of aromatic nitrogens is 1. The van der Waals surface area contributed by atoms with Gasteiger partial charge in [-0.2, -0.15) is 0 Å². The zero-order chi connectivity index (χ0) is 22.8. The number of carboxylic acids is 2. The second-order valence-electron chi connectivity index (χ2n) is 6.93. The molecular weight excluding hydrogens is 520 g/mol. The normalized spacial score (nSPS) is 18.7. The summed E-state index contributed by atoms with van der Waals surface area (Å²) in [7, 11) is 0. The van der Waals surface area contributed by atoms with Gasteiger partial charge in [0.25, 0.3) is 5.91 Å². The van der Waals surface area contributed by atoms with Crippen molar-refractivity contribution in [2.24, 2.45) is 0 Å². The van der Waals surface area contributed by atoms with Crippen LogP contribution in [0.1, 0.15) is 11.3 Å². The van der Waals surface area contributed by atoms with E-state index in [1.165, 1.54) is 23.1 Å². The second-order valence-corrected chi connectivity index (χ2v) is 10.2. The first-order valence-electron chi connectivity index (χ1n) is 9.38. The van der Waals surface area contributed by atoms with Gasteiger partial charge in [0, 0.05) is 28.4 Å². The van der Waals surface area contributed by atoms with Crippen LogP contribution in [0.3, 0.4) is 0 Å². The smallest absolute Gasteiger partial charge is 0.550 e. The summed E-state index contributed by atoms with van der Waals surface area (Å²) >= 11 is 3.56. The summed E-state index contributed by atoms with van der Waals surface area (Å²) in [5.74, 6) is -3.31. The number of carbonyl (C=O) groups is 4. The van der Waals surface area contributed by atoms with Crippen LogP contribution in [-0.2, 0) is 32.0 Å². The van der Waals surface area contributed by atoms with Crippen LogP contribution in [0.25, 0.3) is 0 Å². The monoisotopic (exact) mass is 535 g/mol. The second kappa shape index (κ2) is 12.9. The third kappa shape index (κ3) is 6.68. The van der Waals surface area contributed by atoms with E-state index < -0.39 is 29.3 Å². The van der Waals surface area contributed by atoms with Gasteiger partial charge in [-0.05, 0) is 5.56 Å². The van der Waals surface area contributed by atoms with Gasteiger partial charge >= 0.3 is 59.1 Å². The molecule has 14 heteroatoms. The molecule has 166 valence electrons. The average molecular weight is 536 g/mol. The maximum Gasteiger partial charge on any atom is 1.00 e. The third-order valence-corrected chi connectivity index (χ3v) is 8.25. The fraction of sp³-hybridized carbons (Fsp3) is 0.250. The van der Waals surface area contributed by atoms with Crippen molar-refractivity contribution >= 4 is 58.6 Å². The van der Waals surface area contributed by atoms with E-state index in [9.17, 15) is 29.4 Å². The van der Waals surface area contributed by atoms with Crippen LogP contribution in [0.4, 0.5) is 0 Å². The molecule has 0 bridgehead atoms. The molecule has 0 unspecified atom stereocenters. The van der Waals surface area contributed by atoms with Crippen molar-refractivity contribution in [1.82, 2.24) is 15.2 Å². The molecule has 0 saturated carbocycles. The minimum atomic E-state index is -1.49. The Bertz CT molecular complexity index is 1130. The standard InChI is InChI=1S/C20H17N3O6S3.2Na/c24-13(6-10-4-2-1-3-5-10)22-15-17(27)23-16(19(28)29)12(9-30-18(15)23)32-20-21-11(8-31-20)7-14(25)26;;/h1-5,8,15,18H,6-7,9H2,(H,22,24)(H,25,26)(H,28,29);;/q;2*+1/p-2/t15-,18+;;/m1../s1. The molecular formula is C20H15N3Na2O6S3. The van der Waals surface area contributed by atoms with E-state index in [1.807, 2.05) is 18.2 Å². The number of β-lactam (4-membered cyclic amide) rings is 1. The van der Waals surface area contributed by atoms with E-state index in [4.69, 9.17) is 0 Å². The SMILES string of the molecule is O=C([O-])Cc1csc(SC2=C(C(=O)[O-])N3C(=O)[C@@H](NC(=O)Cc4ccccc4)[C@@H]3SC2)n1.[Na+].[Na+]. The zero-order valence-corrected chi connectivity index (χ0v) is 24.8. The summed E-state index contributed by atoms with van der Waals surface area (Å²) in [6, 6.07) is 8.27. The molecule has 4 rings (SSSR count). The van der Waals surface area contributed by atoms with E-state index in [2.05, 4.69) is 10.3 Å². The van der Waals surface area contributed by atoms with Gasteiger partial charge in [0.05, 0.1) is 23.8 Å². The molecule has 34 heavy (non-hydrogen) atoms. The van der Waals surface area contributed by atoms with Gasteiger partial charge in [0.15, 0.2) is 4.34 Å². The van der Waals surface area contributed by atoms with Crippen LogP contribution in [-0.4, -0.2) is 50.8 Å². The van der Waals surface area contributed by atoms with Crippen LogP contribution in [0.5, 0.6) is 0 Å². The maximum atomic E-state index is 12.7. The Morgan fingerprint density at radius 3 is 2.50 bits per heavy atom. The van der Waals surface area contributed by atoms with Gasteiger partial charge in [-0.1, -0.05) is 42.1 Å². The number of hydrogen-bond acceptors (Lipinski definition) is 10. The first-order valence-corrected chi connectivity index (χ1v) is 12.1. The number of carbonyl (C=O) groups excluding carboxylic acids is 4. The number of amides is 2.